The Kier molecular flexibility index (Phi) is 4.24. The molecule has 19 heavy (non-hydrogen) atoms. The molecule has 0 radical (unpaired) electrons. The van der Waals surface area contributed by atoms with E-state index < -0.39 is 5.60 Å². The van der Waals surface area contributed by atoms with Gasteiger partial charge in [-0.05, 0) is 26.2 Å². The van der Waals surface area contributed by atoms with Crippen LogP contribution in [-0.4, -0.2) is 16.6 Å². The predicted molar refractivity (Wildman–Crippen MR) is 75.0 cm³/mol. The highest BCUT2D eigenvalue weighted by atomic mass is 16.5. The quantitative estimate of drug-likeness (QED) is 0.873. The van der Waals surface area contributed by atoms with E-state index in [0.717, 1.165) is 25.7 Å². The van der Waals surface area contributed by atoms with E-state index in [9.17, 15) is 4.79 Å². The number of aromatic nitrogens is 2. The van der Waals surface area contributed by atoms with Gasteiger partial charge < -0.3 is 15.5 Å². The monoisotopic (exact) mass is 265 g/mol. The van der Waals surface area contributed by atoms with E-state index in [-0.39, 0.29) is 5.56 Å². The summed E-state index contributed by atoms with van der Waals surface area (Å²) in [5.41, 5.74) is 5.89. The van der Waals surface area contributed by atoms with Gasteiger partial charge in [0.05, 0.1) is 5.56 Å². The molecule has 1 fully saturated rings. The van der Waals surface area contributed by atoms with Crippen molar-refractivity contribution in [1.82, 2.24) is 9.97 Å². The molecule has 1 heterocycles. The minimum absolute atomic E-state index is 0.130. The molecule has 0 amide bonds. The molecule has 0 spiro atoms. The van der Waals surface area contributed by atoms with Gasteiger partial charge in [-0.2, -0.15) is 0 Å². The Labute approximate surface area is 113 Å². The maximum Gasteiger partial charge on any atom is 0.256 e. The van der Waals surface area contributed by atoms with Crippen molar-refractivity contribution < 1.29 is 4.74 Å². The molecule has 1 aromatic rings. The van der Waals surface area contributed by atoms with Gasteiger partial charge >= 0.3 is 0 Å². The first kappa shape index (κ1) is 14.1. The topological polar surface area (TPSA) is 81.0 Å². The minimum Gasteiger partial charge on any atom is -0.383 e. The summed E-state index contributed by atoms with van der Waals surface area (Å²) in [7, 11) is 0. The van der Waals surface area contributed by atoms with E-state index in [0.29, 0.717) is 30.2 Å². The van der Waals surface area contributed by atoms with Gasteiger partial charge in [-0.15, -0.1) is 0 Å². The molecular formula is C14H23N3O2. The number of hydrogen-bond acceptors (Lipinski definition) is 4. The number of rotatable bonds is 4. The molecule has 5 nitrogen and oxygen atoms in total. The molecule has 0 bridgehead atoms. The first-order valence-electron chi connectivity index (χ1n) is 7.16. The molecule has 1 aliphatic carbocycles. The van der Waals surface area contributed by atoms with Gasteiger partial charge in [-0.25, -0.2) is 4.98 Å². The number of H-pyrrole nitrogens is 1. The Balaban J connectivity index is 2.45. The summed E-state index contributed by atoms with van der Waals surface area (Å²) in [5, 5.41) is 0. The summed E-state index contributed by atoms with van der Waals surface area (Å²) >= 11 is 0. The van der Waals surface area contributed by atoms with Crippen LogP contribution in [-0.2, 0) is 16.8 Å². The van der Waals surface area contributed by atoms with Crippen LogP contribution >= 0.6 is 0 Å². The van der Waals surface area contributed by atoms with Crippen LogP contribution in [0.4, 0.5) is 5.82 Å². The van der Waals surface area contributed by atoms with E-state index in [1.807, 2.05) is 13.8 Å². The number of anilines is 1. The average molecular weight is 265 g/mol. The average Bonchev–Trinajstić information content (AvgIpc) is 2.40. The molecule has 1 aromatic heterocycles. The molecular weight excluding hydrogens is 242 g/mol. The van der Waals surface area contributed by atoms with Crippen LogP contribution in [0.15, 0.2) is 4.79 Å². The van der Waals surface area contributed by atoms with Gasteiger partial charge in [0, 0.05) is 6.61 Å². The molecule has 0 saturated heterocycles. The van der Waals surface area contributed by atoms with Gasteiger partial charge in [0.1, 0.15) is 17.2 Å². The van der Waals surface area contributed by atoms with Crippen LogP contribution < -0.4 is 11.3 Å². The minimum atomic E-state index is -0.452. The summed E-state index contributed by atoms with van der Waals surface area (Å²) < 4.78 is 5.95. The lowest BCUT2D eigenvalue weighted by Crippen LogP contribution is -2.37. The first-order valence-corrected chi connectivity index (χ1v) is 7.16. The molecule has 0 aliphatic heterocycles. The highest BCUT2D eigenvalue weighted by Crippen LogP contribution is 2.38. The number of nitrogens with two attached hydrogens (primary N) is 1. The zero-order valence-corrected chi connectivity index (χ0v) is 11.8. The second kappa shape index (κ2) is 5.74. The van der Waals surface area contributed by atoms with Crippen LogP contribution in [0, 0.1) is 0 Å². The van der Waals surface area contributed by atoms with Gasteiger partial charge in [-0.3, -0.25) is 4.79 Å². The molecule has 0 aromatic carbocycles. The van der Waals surface area contributed by atoms with Gasteiger partial charge in [0.2, 0.25) is 0 Å². The van der Waals surface area contributed by atoms with Crippen LogP contribution in [0.1, 0.15) is 57.3 Å². The van der Waals surface area contributed by atoms with Crippen molar-refractivity contribution in [1.29, 1.82) is 0 Å². The predicted octanol–water partition coefficient (Wildman–Crippen LogP) is 2.11. The van der Waals surface area contributed by atoms with Crippen LogP contribution in [0.2, 0.25) is 0 Å². The highest BCUT2D eigenvalue weighted by molar-refractivity contribution is 5.38. The normalized spacial score (nSPS) is 18.4. The fourth-order valence-corrected chi connectivity index (χ4v) is 2.92. The van der Waals surface area contributed by atoms with Crippen molar-refractivity contribution >= 4 is 5.82 Å². The Morgan fingerprint density at radius 3 is 2.53 bits per heavy atom. The van der Waals surface area contributed by atoms with Crippen molar-refractivity contribution in [3.8, 4) is 0 Å². The molecule has 2 rings (SSSR count). The van der Waals surface area contributed by atoms with E-state index >= 15 is 0 Å². The lowest BCUT2D eigenvalue weighted by atomic mass is 9.83. The molecule has 106 valence electrons. The second-order valence-electron chi connectivity index (χ2n) is 5.12. The molecule has 3 N–H and O–H groups in total. The van der Waals surface area contributed by atoms with Crippen molar-refractivity contribution in [3.05, 3.63) is 21.7 Å². The maximum absolute atomic E-state index is 12.0. The summed E-state index contributed by atoms with van der Waals surface area (Å²) in [6, 6.07) is 0. The van der Waals surface area contributed by atoms with E-state index in [1.54, 1.807) is 0 Å². The number of nitrogen functional groups attached to an aromatic ring is 1. The van der Waals surface area contributed by atoms with Crippen molar-refractivity contribution in [3.63, 3.8) is 0 Å². The highest BCUT2D eigenvalue weighted by Gasteiger charge is 2.37. The Morgan fingerprint density at radius 2 is 2.00 bits per heavy atom. The maximum atomic E-state index is 12.0. The lowest BCUT2D eigenvalue weighted by Gasteiger charge is -2.36. The molecule has 0 atom stereocenters. The van der Waals surface area contributed by atoms with Gasteiger partial charge in [0.25, 0.3) is 5.56 Å². The standard InChI is InChI=1S/C14H23N3O2/c1-3-10-11(15)16-13(17-12(10)18)14(19-4-2)8-6-5-7-9-14/h3-9H2,1-2H3,(H3,15,16,17,18). The van der Waals surface area contributed by atoms with Crippen molar-refractivity contribution in [2.45, 2.75) is 58.0 Å². The number of nitrogens with zero attached hydrogens (tertiary/aromatic N) is 1. The van der Waals surface area contributed by atoms with E-state index in [2.05, 4.69) is 9.97 Å². The Morgan fingerprint density at radius 1 is 1.32 bits per heavy atom. The molecule has 1 aliphatic rings. The number of nitrogens with one attached hydrogen (secondary N) is 1. The number of ether oxygens (including phenoxy) is 1. The van der Waals surface area contributed by atoms with Gasteiger partial charge in [-0.1, -0.05) is 26.2 Å². The number of aromatic amines is 1. The summed E-state index contributed by atoms with van der Waals surface area (Å²) in [5.74, 6) is 0.944. The van der Waals surface area contributed by atoms with Crippen LogP contribution in [0.25, 0.3) is 0 Å². The zero-order valence-electron chi connectivity index (χ0n) is 11.8. The summed E-state index contributed by atoms with van der Waals surface area (Å²) in [4.78, 5) is 19.4. The molecule has 0 unspecified atom stereocenters. The molecule has 1 saturated carbocycles. The van der Waals surface area contributed by atoms with Crippen LogP contribution in [0.5, 0.6) is 0 Å². The second-order valence-corrected chi connectivity index (χ2v) is 5.12. The Bertz CT molecular complexity index is 484. The third-order valence-electron chi connectivity index (χ3n) is 3.91. The lowest BCUT2D eigenvalue weighted by molar-refractivity contribution is -0.0767. The van der Waals surface area contributed by atoms with E-state index in [4.69, 9.17) is 10.5 Å². The van der Waals surface area contributed by atoms with Crippen molar-refractivity contribution in [2.24, 2.45) is 0 Å². The first-order chi connectivity index (χ1) is 9.13. The Hall–Kier alpha value is -1.36. The zero-order chi connectivity index (χ0) is 13.9. The van der Waals surface area contributed by atoms with Crippen LogP contribution in [0.3, 0.4) is 0 Å². The van der Waals surface area contributed by atoms with E-state index in [1.165, 1.54) is 6.42 Å². The summed E-state index contributed by atoms with van der Waals surface area (Å²) in [6.45, 7) is 4.48. The number of hydrogen-bond donors (Lipinski definition) is 2. The SMILES string of the molecule is CCOC1(c2nc(N)c(CC)c(=O)[nH]2)CCCCC1. The van der Waals surface area contributed by atoms with Gasteiger partial charge in [0.15, 0.2) is 0 Å². The fraction of sp³-hybridized carbons (Fsp3) is 0.714. The van der Waals surface area contributed by atoms with Crippen molar-refractivity contribution in [2.75, 3.05) is 12.3 Å². The third-order valence-corrected chi connectivity index (χ3v) is 3.91. The summed E-state index contributed by atoms with van der Waals surface area (Å²) in [6.07, 6.45) is 5.79. The fourth-order valence-electron chi connectivity index (χ4n) is 2.92. The third kappa shape index (κ3) is 2.66. The largest absolute Gasteiger partial charge is 0.383 e. The smallest absolute Gasteiger partial charge is 0.256 e. The molecule has 5 heteroatoms.